The minimum atomic E-state index is 0.182. The number of halogens is 1. The molecule has 0 aliphatic heterocycles. The summed E-state index contributed by atoms with van der Waals surface area (Å²) < 4.78 is 6.90. The first-order valence-electron chi connectivity index (χ1n) is 7.38. The fraction of sp³-hybridized carbons (Fsp3) is 0.647. The molecule has 1 rings (SSSR count). The van der Waals surface area contributed by atoms with Crippen molar-refractivity contribution in [1.29, 1.82) is 0 Å². The standard InChI is InChI=1S/C17H27BrO/c1-5-6-7-8-9-12-19-16-11-10-14(13-15(16)18)17(2,3)4/h10-11,13H,5-9,12H2,1-4H3. The summed E-state index contributed by atoms with van der Waals surface area (Å²) in [5.74, 6) is 0.962. The van der Waals surface area contributed by atoms with Gasteiger partial charge in [0.25, 0.3) is 0 Å². The summed E-state index contributed by atoms with van der Waals surface area (Å²) in [6.07, 6.45) is 6.37. The van der Waals surface area contributed by atoms with E-state index in [1.54, 1.807) is 0 Å². The molecule has 0 aromatic heterocycles. The monoisotopic (exact) mass is 326 g/mol. The molecule has 0 heterocycles. The highest BCUT2D eigenvalue weighted by atomic mass is 79.9. The number of unbranched alkanes of at least 4 members (excludes halogenated alkanes) is 4. The molecule has 1 nitrogen and oxygen atoms in total. The van der Waals surface area contributed by atoms with Crippen LogP contribution in [0.4, 0.5) is 0 Å². The quantitative estimate of drug-likeness (QED) is 0.550. The molecule has 2 heteroatoms. The Morgan fingerprint density at radius 2 is 1.74 bits per heavy atom. The number of benzene rings is 1. The lowest BCUT2D eigenvalue weighted by Gasteiger charge is -2.20. The molecule has 0 N–H and O–H groups in total. The summed E-state index contributed by atoms with van der Waals surface area (Å²) in [6.45, 7) is 9.73. The van der Waals surface area contributed by atoms with Crippen molar-refractivity contribution in [2.45, 2.75) is 65.2 Å². The van der Waals surface area contributed by atoms with E-state index in [2.05, 4.69) is 61.8 Å². The molecule has 1 aromatic carbocycles. The number of rotatable bonds is 7. The molecular weight excluding hydrogens is 300 g/mol. The van der Waals surface area contributed by atoms with Crippen LogP contribution in [0, 0.1) is 0 Å². The fourth-order valence-corrected chi connectivity index (χ4v) is 2.47. The molecule has 0 radical (unpaired) electrons. The van der Waals surface area contributed by atoms with Crippen molar-refractivity contribution in [3.63, 3.8) is 0 Å². The van der Waals surface area contributed by atoms with E-state index in [0.29, 0.717) is 0 Å². The van der Waals surface area contributed by atoms with E-state index in [1.165, 1.54) is 31.2 Å². The van der Waals surface area contributed by atoms with Crippen LogP contribution < -0.4 is 4.74 Å². The van der Waals surface area contributed by atoms with E-state index in [-0.39, 0.29) is 5.41 Å². The highest BCUT2D eigenvalue weighted by Gasteiger charge is 2.15. The molecule has 0 aliphatic rings. The smallest absolute Gasteiger partial charge is 0.133 e. The second-order valence-corrected chi connectivity index (χ2v) is 7.01. The fourth-order valence-electron chi connectivity index (χ4n) is 1.97. The van der Waals surface area contributed by atoms with Crippen molar-refractivity contribution in [2.75, 3.05) is 6.61 Å². The predicted molar refractivity (Wildman–Crippen MR) is 87.1 cm³/mol. The maximum atomic E-state index is 5.84. The zero-order valence-corrected chi connectivity index (χ0v) is 14.3. The first-order valence-corrected chi connectivity index (χ1v) is 8.17. The molecule has 0 amide bonds. The van der Waals surface area contributed by atoms with Gasteiger partial charge in [0.2, 0.25) is 0 Å². The van der Waals surface area contributed by atoms with Crippen LogP contribution in [-0.2, 0) is 5.41 Å². The summed E-state index contributed by atoms with van der Waals surface area (Å²) in [5, 5.41) is 0. The second kappa shape index (κ2) is 7.94. The first-order chi connectivity index (χ1) is 8.95. The van der Waals surface area contributed by atoms with Crippen LogP contribution in [0.2, 0.25) is 0 Å². The van der Waals surface area contributed by atoms with Gasteiger partial charge in [0.05, 0.1) is 11.1 Å². The Morgan fingerprint density at radius 1 is 1.05 bits per heavy atom. The van der Waals surface area contributed by atoms with Gasteiger partial charge in [0.15, 0.2) is 0 Å². The van der Waals surface area contributed by atoms with Gasteiger partial charge in [0.1, 0.15) is 5.75 Å². The van der Waals surface area contributed by atoms with Gasteiger partial charge in [-0.2, -0.15) is 0 Å². The van der Waals surface area contributed by atoms with Crippen LogP contribution >= 0.6 is 15.9 Å². The van der Waals surface area contributed by atoms with E-state index in [0.717, 1.165) is 23.2 Å². The molecular formula is C17H27BrO. The predicted octanol–water partition coefficient (Wildman–Crippen LogP) is 6.10. The SMILES string of the molecule is CCCCCCCOc1ccc(C(C)(C)C)cc1Br. The average Bonchev–Trinajstić information content (AvgIpc) is 2.34. The number of hydrogen-bond acceptors (Lipinski definition) is 1. The summed E-state index contributed by atoms with van der Waals surface area (Å²) in [5.41, 5.74) is 1.51. The van der Waals surface area contributed by atoms with Crippen LogP contribution in [-0.4, -0.2) is 6.61 Å². The highest BCUT2D eigenvalue weighted by Crippen LogP contribution is 2.31. The van der Waals surface area contributed by atoms with Gasteiger partial charge in [-0.15, -0.1) is 0 Å². The summed E-state index contributed by atoms with van der Waals surface area (Å²) in [6, 6.07) is 6.42. The molecule has 0 spiro atoms. The third-order valence-electron chi connectivity index (χ3n) is 3.30. The molecule has 1 aromatic rings. The van der Waals surface area contributed by atoms with E-state index in [9.17, 15) is 0 Å². The Bertz CT molecular complexity index is 379. The van der Waals surface area contributed by atoms with Gasteiger partial charge < -0.3 is 4.74 Å². The lowest BCUT2D eigenvalue weighted by Crippen LogP contribution is -2.11. The van der Waals surface area contributed by atoms with Gasteiger partial charge in [0, 0.05) is 0 Å². The lowest BCUT2D eigenvalue weighted by molar-refractivity contribution is 0.302. The normalized spacial score (nSPS) is 11.6. The Kier molecular flexibility index (Phi) is 6.92. The van der Waals surface area contributed by atoms with E-state index >= 15 is 0 Å². The zero-order valence-electron chi connectivity index (χ0n) is 12.8. The van der Waals surface area contributed by atoms with Gasteiger partial charge >= 0.3 is 0 Å². The van der Waals surface area contributed by atoms with Crippen molar-refractivity contribution in [3.05, 3.63) is 28.2 Å². The maximum absolute atomic E-state index is 5.84. The topological polar surface area (TPSA) is 9.23 Å². The molecule has 108 valence electrons. The molecule has 19 heavy (non-hydrogen) atoms. The molecule has 0 unspecified atom stereocenters. The Labute approximate surface area is 126 Å². The molecule has 0 saturated heterocycles. The van der Waals surface area contributed by atoms with Gasteiger partial charge in [-0.05, 0) is 45.5 Å². The Morgan fingerprint density at radius 3 is 2.32 bits per heavy atom. The number of ether oxygens (including phenoxy) is 1. The molecule has 0 bridgehead atoms. The van der Waals surface area contributed by atoms with Crippen LogP contribution in [0.15, 0.2) is 22.7 Å². The molecule has 0 atom stereocenters. The van der Waals surface area contributed by atoms with Crippen molar-refractivity contribution < 1.29 is 4.74 Å². The van der Waals surface area contributed by atoms with Crippen molar-refractivity contribution in [3.8, 4) is 5.75 Å². The van der Waals surface area contributed by atoms with Gasteiger partial charge in [-0.25, -0.2) is 0 Å². The van der Waals surface area contributed by atoms with Crippen molar-refractivity contribution in [2.24, 2.45) is 0 Å². The minimum Gasteiger partial charge on any atom is -0.492 e. The maximum Gasteiger partial charge on any atom is 0.133 e. The van der Waals surface area contributed by atoms with Crippen LogP contribution in [0.25, 0.3) is 0 Å². The van der Waals surface area contributed by atoms with E-state index < -0.39 is 0 Å². The molecule has 0 saturated carbocycles. The van der Waals surface area contributed by atoms with Crippen molar-refractivity contribution >= 4 is 15.9 Å². The Hall–Kier alpha value is -0.500. The molecule has 0 aliphatic carbocycles. The second-order valence-electron chi connectivity index (χ2n) is 6.16. The summed E-state index contributed by atoms with van der Waals surface area (Å²) >= 11 is 3.61. The number of hydrogen-bond donors (Lipinski definition) is 0. The van der Waals surface area contributed by atoms with Crippen LogP contribution in [0.1, 0.15) is 65.4 Å². The zero-order chi connectivity index (χ0) is 14.3. The Balaban J connectivity index is 2.43. The van der Waals surface area contributed by atoms with Gasteiger partial charge in [-0.3, -0.25) is 0 Å². The first kappa shape index (κ1) is 16.6. The van der Waals surface area contributed by atoms with Gasteiger partial charge in [-0.1, -0.05) is 59.4 Å². The van der Waals surface area contributed by atoms with Crippen LogP contribution in [0.5, 0.6) is 5.75 Å². The van der Waals surface area contributed by atoms with Crippen molar-refractivity contribution in [1.82, 2.24) is 0 Å². The van der Waals surface area contributed by atoms with Crippen LogP contribution in [0.3, 0.4) is 0 Å². The average molecular weight is 327 g/mol. The van der Waals surface area contributed by atoms with E-state index in [1.807, 2.05) is 0 Å². The highest BCUT2D eigenvalue weighted by molar-refractivity contribution is 9.10. The largest absolute Gasteiger partial charge is 0.492 e. The third kappa shape index (κ3) is 5.99. The summed E-state index contributed by atoms with van der Waals surface area (Å²) in [4.78, 5) is 0. The minimum absolute atomic E-state index is 0.182. The van der Waals surface area contributed by atoms with E-state index in [4.69, 9.17) is 4.74 Å². The molecule has 0 fully saturated rings. The summed E-state index contributed by atoms with van der Waals surface area (Å²) in [7, 11) is 0. The lowest BCUT2D eigenvalue weighted by atomic mass is 9.87. The third-order valence-corrected chi connectivity index (χ3v) is 3.92.